The first-order chi connectivity index (χ1) is 18.6. The van der Waals surface area contributed by atoms with Gasteiger partial charge in [-0.05, 0) is 36.1 Å². The summed E-state index contributed by atoms with van der Waals surface area (Å²) in [4.78, 5) is 27.5. The smallest absolute Gasteiger partial charge is 0.252 e. The molecule has 0 saturated carbocycles. The molecule has 3 heterocycles. The highest BCUT2D eigenvalue weighted by atomic mass is 16.1. The lowest BCUT2D eigenvalue weighted by Crippen LogP contribution is -2.38. The van der Waals surface area contributed by atoms with Crippen molar-refractivity contribution < 1.29 is 4.79 Å². The lowest BCUT2D eigenvalue weighted by molar-refractivity contribution is 0.0963. The van der Waals surface area contributed by atoms with Crippen LogP contribution < -0.4 is 10.6 Å². The Hall–Kier alpha value is -4.61. The third-order valence-electron chi connectivity index (χ3n) is 6.79. The molecule has 4 aromatic rings. The summed E-state index contributed by atoms with van der Waals surface area (Å²) in [5.74, 6) is 0.737. The van der Waals surface area contributed by atoms with Gasteiger partial charge in [-0.15, -0.1) is 0 Å². The van der Waals surface area contributed by atoms with Gasteiger partial charge in [-0.1, -0.05) is 54.6 Å². The second kappa shape index (κ2) is 11.6. The molecule has 0 spiro atoms. The second-order valence-corrected chi connectivity index (χ2v) is 9.33. The van der Waals surface area contributed by atoms with E-state index in [0.29, 0.717) is 17.4 Å². The van der Waals surface area contributed by atoms with E-state index in [1.807, 2.05) is 42.5 Å². The third-order valence-corrected chi connectivity index (χ3v) is 6.79. The molecular weight excluding hydrogens is 474 g/mol. The van der Waals surface area contributed by atoms with Crippen molar-refractivity contribution in [3.05, 3.63) is 96.1 Å². The second-order valence-electron chi connectivity index (χ2n) is 9.33. The maximum Gasteiger partial charge on any atom is 0.252 e. The quantitative estimate of drug-likeness (QED) is 0.382. The monoisotopic (exact) mass is 503 g/mol. The molecule has 190 valence electrons. The fourth-order valence-corrected chi connectivity index (χ4v) is 4.76. The van der Waals surface area contributed by atoms with Crippen molar-refractivity contribution >= 4 is 11.7 Å². The van der Waals surface area contributed by atoms with Crippen LogP contribution in [0.5, 0.6) is 0 Å². The minimum atomic E-state index is -0.153. The molecule has 0 bridgehead atoms. The van der Waals surface area contributed by atoms with Crippen molar-refractivity contribution in [3.63, 3.8) is 0 Å². The molecule has 8 nitrogen and oxygen atoms in total. The zero-order chi connectivity index (χ0) is 26.3. The number of nitrogens with zero attached hydrogens (tertiary/aromatic N) is 5. The molecule has 1 saturated heterocycles. The first kappa shape index (κ1) is 25.1. The zero-order valence-corrected chi connectivity index (χ0v) is 21.3. The number of piperidine rings is 1. The van der Waals surface area contributed by atoms with E-state index in [9.17, 15) is 4.79 Å². The fourth-order valence-electron chi connectivity index (χ4n) is 4.76. The molecule has 0 unspecified atom stereocenters. The molecule has 5 rings (SSSR count). The number of nitrogens with one attached hydrogen (secondary N) is 2. The normalized spacial score (nSPS) is 14.0. The van der Waals surface area contributed by atoms with Crippen LogP contribution in [0.1, 0.15) is 34.6 Å². The van der Waals surface area contributed by atoms with Gasteiger partial charge in [0.15, 0.2) is 0 Å². The Kier molecular flexibility index (Phi) is 7.67. The van der Waals surface area contributed by atoms with Crippen molar-refractivity contribution in [3.8, 4) is 28.5 Å². The Morgan fingerprint density at radius 2 is 1.79 bits per heavy atom. The number of carbonyl (C=O) groups excluding carboxylic acids is 1. The lowest BCUT2D eigenvalue weighted by atomic mass is 9.97. The van der Waals surface area contributed by atoms with Crippen LogP contribution >= 0.6 is 0 Å². The molecule has 0 radical (unpaired) electrons. The van der Waals surface area contributed by atoms with Gasteiger partial charge < -0.3 is 10.6 Å². The minimum Gasteiger partial charge on any atom is -0.367 e. The summed E-state index contributed by atoms with van der Waals surface area (Å²) in [5.41, 5.74) is 5.60. The van der Waals surface area contributed by atoms with Gasteiger partial charge >= 0.3 is 0 Å². The van der Waals surface area contributed by atoms with Crippen molar-refractivity contribution in [1.82, 2.24) is 25.2 Å². The summed E-state index contributed by atoms with van der Waals surface area (Å²) < 4.78 is 0. The molecule has 0 atom stereocenters. The number of hydrogen-bond donors (Lipinski definition) is 2. The molecule has 2 N–H and O–H groups in total. The number of anilines is 1. The van der Waals surface area contributed by atoms with Gasteiger partial charge in [-0.2, -0.15) is 5.26 Å². The van der Waals surface area contributed by atoms with Gasteiger partial charge in [0, 0.05) is 56.2 Å². The Bertz CT molecular complexity index is 1440. The SMILES string of the molecule is CNC(=O)c1cnc(-c2ccc(CN3CCC(Nc4ccnc(C#N)n4)CC3)cc2)c(-c2ccccc2)c1. The number of likely N-dealkylation sites (tertiary alicyclic amines) is 1. The number of benzene rings is 2. The number of pyridine rings is 1. The molecule has 8 heteroatoms. The van der Waals surface area contributed by atoms with E-state index in [0.717, 1.165) is 54.9 Å². The van der Waals surface area contributed by atoms with E-state index in [-0.39, 0.29) is 11.7 Å². The van der Waals surface area contributed by atoms with Crippen molar-refractivity contribution in [2.24, 2.45) is 0 Å². The Labute approximate surface area is 222 Å². The van der Waals surface area contributed by atoms with Crippen molar-refractivity contribution in [2.45, 2.75) is 25.4 Å². The number of aromatic nitrogens is 3. The molecular formula is C30H29N7O. The van der Waals surface area contributed by atoms with Crippen LogP contribution in [0.3, 0.4) is 0 Å². The number of amides is 1. The highest BCUT2D eigenvalue weighted by Crippen LogP contribution is 2.31. The summed E-state index contributed by atoms with van der Waals surface area (Å²) >= 11 is 0. The van der Waals surface area contributed by atoms with Crippen molar-refractivity contribution in [1.29, 1.82) is 5.26 Å². The molecule has 38 heavy (non-hydrogen) atoms. The minimum absolute atomic E-state index is 0.153. The maximum absolute atomic E-state index is 12.2. The van der Waals surface area contributed by atoms with Crippen LogP contribution in [0.25, 0.3) is 22.4 Å². The van der Waals surface area contributed by atoms with Crippen LogP contribution in [0.4, 0.5) is 5.82 Å². The number of carbonyl (C=O) groups is 1. The van der Waals surface area contributed by atoms with Crippen molar-refractivity contribution in [2.75, 3.05) is 25.5 Å². The van der Waals surface area contributed by atoms with Crippen LogP contribution in [0, 0.1) is 11.3 Å². The number of rotatable bonds is 7. The van der Waals surface area contributed by atoms with E-state index in [1.54, 1.807) is 25.5 Å². The highest BCUT2D eigenvalue weighted by molar-refractivity contribution is 5.96. The standard InChI is InChI=1S/C30H29N7O/c1-32-30(38)24-17-26(22-5-3-2-4-6-22)29(34-19-24)23-9-7-21(8-10-23)20-37-15-12-25(13-16-37)35-27-11-14-33-28(18-31)36-27/h2-11,14,17,19,25H,12-13,15-16,20H2,1H3,(H,32,38)(H,33,35,36). The van der Waals surface area contributed by atoms with Crippen LogP contribution in [0.15, 0.2) is 79.1 Å². The van der Waals surface area contributed by atoms with Crippen LogP contribution in [-0.4, -0.2) is 51.9 Å². The predicted octanol–water partition coefficient (Wildman–Crippen LogP) is 4.51. The average Bonchev–Trinajstić information content (AvgIpc) is 2.98. The Balaban J connectivity index is 1.25. The van der Waals surface area contributed by atoms with E-state index in [2.05, 4.69) is 54.8 Å². The topological polar surface area (TPSA) is 107 Å². The average molecular weight is 504 g/mol. The van der Waals surface area contributed by atoms with Gasteiger partial charge in [-0.3, -0.25) is 14.7 Å². The number of nitriles is 1. The fraction of sp³-hybridized carbons (Fsp3) is 0.233. The van der Waals surface area contributed by atoms with Gasteiger partial charge in [0.2, 0.25) is 5.82 Å². The van der Waals surface area contributed by atoms with Crippen LogP contribution in [0.2, 0.25) is 0 Å². The van der Waals surface area contributed by atoms with E-state index >= 15 is 0 Å². The molecule has 1 fully saturated rings. The summed E-state index contributed by atoms with van der Waals surface area (Å²) in [6.45, 7) is 2.85. The van der Waals surface area contributed by atoms with E-state index in [4.69, 9.17) is 5.26 Å². The van der Waals surface area contributed by atoms with Crippen LogP contribution in [-0.2, 0) is 6.54 Å². The molecule has 0 aliphatic carbocycles. The summed E-state index contributed by atoms with van der Waals surface area (Å²) in [6, 6.07) is 24.6. The third kappa shape index (κ3) is 5.85. The predicted molar refractivity (Wildman–Crippen MR) is 147 cm³/mol. The first-order valence-corrected chi connectivity index (χ1v) is 12.7. The van der Waals surface area contributed by atoms with Gasteiger partial charge in [0.1, 0.15) is 11.9 Å². The zero-order valence-electron chi connectivity index (χ0n) is 21.3. The molecule has 1 aliphatic heterocycles. The summed E-state index contributed by atoms with van der Waals surface area (Å²) in [7, 11) is 1.62. The Morgan fingerprint density at radius 1 is 1.03 bits per heavy atom. The molecule has 1 amide bonds. The highest BCUT2D eigenvalue weighted by Gasteiger charge is 2.20. The molecule has 2 aromatic carbocycles. The summed E-state index contributed by atoms with van der Waals surface area (Å²) in [5, 5.41) is 15.1. The summed E-state index contributed by atoms with van der Waals surface area (Å²) in [6.07, 6.45) is 5.26. The number of hydrogen-bond acceptors (Lipinski definition) is 7. The molecule has 1 aliphatic rings. The van der Waals surface area contributed by atoms with Gasteiger partial charge in [0.25, 0.3) is 5.91 Å². The maximum atomic E-state index is 12.2. The van der Waals surface area contributed by atoms with Gasteiger partial charge in [-0.25, -0.2) is 9.97 Å². The lowest BCUT2D eigenvalue weighted by Gasteiger charge is -2.32. The molecule has 2 aromatic heterocycles. The largest absolute Gasteiger partial charge is 0.367 e. The first-order valence-electron chi connectivity index (χ1n) is 12.7. The van der Waals surface area contributed by atoms with Gasteiger partial charge in [0.05, 0.1) is 11.3 Å². The Morgan fingerprint density at radius 3 is 2.50 bits per heavy atom. The van der Waals surface area contributed by atoms with E-state index < -0.39 is 0 Å². The van der Waals surface area contributed by atoms with E-state index in [1.165, 1.54) is 5.56 Å².